The molecule has 0 aliphatic rings. The van der Waals surface area contributed by atoms with Crippen molar-refractivity contribution < 1.29 is 9.53 Å². The number of carbonyl (C=O) groups excluding carboxylic acids is 1. The number of methoxy groups -OCH3 is 1. The molecule has 0 spiro atoms. The van der Waals surface area contributed by atoms with Crippen LogP contribution in [0.3, 0.4) is 0 Å². The van der Waals surface area contributed by atoms with Gasteiger partial charge in [0.15, 0.2) is 5.16 Å². The van der Waals surface area contributed by atoms with E-state index in [1.54, 1.807) is 13.2 Å². The molecule has 0 saturated heterocycles. The fourth-order valence-electron chi connectivity index (χ4n) is 3.07. The monoisotopic (exact) mass is 464 g/mol. The van der Waals surface area contributed by atoms with Crippen molar-refractivity contribution in [3.8, 4) is 5.75 Å². The molecular weight excluding hydrogens is 444 g/mol. The zero-order chi connectivity index (χ0) is 22.3. The highest BCUT2D eigenvalue weighted by Crippen LogP contribution is 2.25. The maximum atomic E-state index is 12.4. The van der Waals surface area contributed by atoms with E-state index in [1.807, 2.05) is 66.7 Å². The molecule has 0 saturated carbocycles. The maximum Gasteiger partial charge on any atom is 0.234 e. The molecule has 1 amide bonds. The van der Waals surface area contributed by atoms with Gasteiger partial charge in [0, 0.05) is 28.7 Å². The first-order valence-corrected chi connectivity index (χ1v) is 11.3. The van der Waals surface area contributed by atoms with Crippen molar-refractivity contribution in [2.75, 3.05) is 23.5 Å². The molecule has 4 aromatic rings. The highest BCUT2D eigenvalue weighted by molar-refractivity contribution is 7.99. The number of benzene rings is 3. The molecule has 1 heterocycles. The van der Waals surface area contributed by atoms with Crippen molar-refractivity contribution >= 4 is 51.7 Å². The molecule has 6 nitrogen and oxygen atoms in total. The predicted octanol–water partition coefficient (Wildman–Crippen LogP) is 5.63. The number of ether oxygens (including phenoxy) is 1. The standard InChI is InChI=1S/C24H21ClN4O2S/c1-31-19-6-4-5-18(13-19)27-22(30)15-32-24-28-21-8-3-2-7-20(21)23(29-24)26-14-16-9-11-17(25)12-10-16/h2-13H,14-15H2,1H3,(H,27,30)(H,26,28,29). The number of rotatable bonds is 8. The Morgan fingerprint density at radius 1 is 1.03 bits per heavy atom. The first-order valence-electron chi connectivity index (χ1n) is 9.92. The van der Waals surface area contributed by atoms with E-state index in [4.69, 9.17) is 16.3 Å². The zero-order valence-corrected chi connectivity index (χ0v) is 18.9. The summed E-state index contributed by atoms with van der Waals surface area (Å²) in [5.74, 6) is 1.45. The Morgan fingerprint density at radius 3 is 2.66 bits per heavy atom. The highest BCUT2D eigenvalue weighted by Gasteiger charge is 2.11. The van der Waals surface area contributed by atoms with Crippen molar-refractivity contribution in [2.45, 2.75) is 11.7 Å². The van der Waals surface area contributed by atoms with E-state index in [-0.39, 0.29) is 11.7 Å². The third-order valence-corrected chi connectivity index (χ3v) is 5.74. The lowest BCUT2D eigenvalue weighted by Crippen LogP contribution is -2.14. The fraction of sp³-hybridized carbons (Fsp3) is 0.125. The molecular formula is C24H21ClN4O2S. The summed E-state index contributed by atoms with van der Waals surface area (Å²) in [5, 5.41) is 8.40. The summed E-state index contributed by atoms with van der Waals surface area (Å²) in [7, 11) is 1.59. The second-order valence-corrected chi connectivity index (χ2v) is 8.30. The van der Waals surface area contributed by atoms with E-state index in [2.05, 4.69) is 20.6 Å². The SMILES string of the molecule is COc1cccc(NC(=O)CSc2nc(NCc3ccc(Cl)cc3)c3ccccc3n2)c1. The van der Waals surface area contributed by atoms with Gasteiger partial charge in [0.1, 0.15) is 11.6 Å². The van der Waals surface area contributed by atoms with E-state index in [0.717, 1.165) is 22.3 Å². The number of hydrogen-bond donors (Lipinski definition) is 2. The number of aromatic nitrogens is 2. The van der Waals surface area contributed by atoms with Crippen LogP contribution in [0.2, 0.25) is 5.02 Å². The number of para-hydroxylation sites is 1. The third-order valence-electron chi connectivity index (χ3n) is 4.64. The van der Waals surface area contributed by atoms with Crippen LogP contribution in [0.5, 0.6) is 5.75 Å². The van der Waals surface area contributed by atoms with Crippen molar-refractivity contribution in [1.82, 2.24) is 9.97 Å². The second-order valence-electron chi connectivity index (χ2n) is 6.92. The molecule has 0 radical (unpaired) electrons. The summed E-state index contributed by atoms with van der Waals surface area (Å²) < 4.78 is 5.19. The van der Waals surface area contributed by atoms with Gasteiger partial charge in [-0.2, -0.15) is 0 Å². The van der Waals surface area contributed by atoms with E-state index in [9.17, 15) is 4.79 Å². The van der Waals surface area contributed by atoms with Crippen LogP contribution in [0.4, 0.5) is 11.5 Å². The molecule has 162 valence electrons. The number of carbonyl (C=O) groups is 1. The summed E-state index contributed by atoms with van der Waals surface area (Å²) >= 11 is 7.26. The lowest BCUT2D eigenvalue weighted by atomic mass is 10.2. The zero-order valence-electron chi connectivity index (χ0n) is 17.3. The van der Waals surface area contributed by atoms with Gasteiger partial charge in [-0.1, -0.05) is 53.7 Å². The third kappa shape index (κ3) is 5.69. The Bertz CT molecular complexity index is 1230. The van der Waals surface area contributed by atoms with Crippen molar-refractivity contribution in [2.24, 2.45) is 0 Å². The highest BCUT2D eigenvalue weighted by atomic mass is 35.5. The molecule has 0 fully saturated rings. The molecule has 0 aliphatic heterocycles. The average Bonchev–Trinajstić information content (AvgIpc) is 2.82. The van der Waals surface area contributed by atoms with Crippen LogP contribution < -0.4 is 15.4 Å². The van der Waals surface area contributed by atoms with Crippen LogP contribution in [-0.2, 0) is 11.3 Å². The largest absolute Gasteiger partial charge is 0.497 e. The van der Waals surface area contributed by atoms with Gasteiger partial charge in [-0.25, -0.2) is 9.97 Å². The number of nitrogens with zero attached hydrogens (tertiary/aromatic N) is 2. The fourth-order valence-corrected chi connectivity index (χ4v) is 3.85. The molecule has 2 N–H and O–H groups in total. The summed E-state index contributed by atoms with van der Waals surface area (Å²) in [6, 6.07) is 22.7. The first-order chi connectivity index (χ1) is 15.6. The van der Waals surface area contributed by atoms with Crippen LogP contribution in [0.25, 0.3) is 10.9 Å². The van der Waals surface area contributed by atoms with Crippen LogP contribution >= 0.6 is 23.4 Å². The van der Waals surface area contributed by atoms with Gasteiger partial charge < -0.3 is 15.4 Å². The van der Waals surface area contributed by atoms with Gasteiger partial charge in [-0.05, 0) is 42.0 Å². The summed E-state index contributed by atoms with van der Waals surface area (Å²) in [5.41, 5.74) is 2.58. The lowest BCUT2D eigenvalue weighted by Gasteiger charge is -2.11. The van der Waals surface area contributed by atoms with Gasteiger partial charge in [0.05, 0.1) is 18.4 Å². The van der Waals surface area contributed by atoms with Crippen LogP contribution in [0.15, 0.2) is 78.0 Å². The average molecular weight is 465 g/mol. The van der Waals surface area contributed by atoms with Gasteiger partial charge in [-0.3, -0.25) is 4.79 Å². The molecule has 0 bridgehead atoms. The van der Waals surface area contributed by atoms with Gasteiger partial charge in [0.2, 0.25) is 5.91 Å². The van der Waals surface area contributed by atoms with Gasteiger partial charge >= 0.3 is 0 Å². The van der Waals surface area contributed by atoms with E-state index < -0.39 is 0 Å². The summed E-state index contributed by atoms with van der Waals surface area (Å²) in [6.45, 7) is 0.596. The molecule has 0 unspecified atom stereocenters. The lowest BCUT2D eigenvalue weighted by molar-refractivity contribution is -0.113. The Labute approximate surface area is 195 Å². The molecule has 0 aliphatic carbocycles. The molecule has 32 heavy (non-hydrogen) atoms. The Morgan fingerprint density at radius 2 is 1.84 bits per heavy atom. The number of anilines is 2. The summed E-state index contributed by atoms with van der Waals surface area (Å²) in [6.07, 6.45) is 0. The minimum atomic E-state index is -0.143. The smallest absolute Gasteiger partial charge is 0.234 e. The number of amides is 1. The van der Waals surface area contributed by atoms with E-state index in [0.29, 0.717) is 28.2 Å². The Balaban J connectivity index is 1.46. The molecule has 3 aromatic carbocycles. The van der Waals surface area contributed by atoms with Crippen LogP contribution in [0, 0.1) is 0 Å². The number of halogens is 1. The van der Waals surface area contributed by atoms with Gasteiger partial charge in [-0.15, -0.1) is 0 Å². The predicted molar refractivity (Wildman–Crippen MR) is 131 cm³/mol. The Hall–Kier alpha value is -3.29. The Kier molecular flexibility index (Phi) is 7.09. The number of thioether (sulfide) groups is 1. The first kappa shape index (κ1) is 21.9. The number of nitrogens with one attached hydrogen (secondary N) is 2. The minimum absolute atomic E-state index is 0.143. The second kappa shape index (κ2) is 10.3. The number of fused-ring (bicyclic) bond motifs is 1. The molecule has 4 rings (SSSR count). The molecule has 0 atom stereocenters. The number of hydrogen-bond acceptors (Lipinski definition) is 6. The molecule has 1 aromatic heterocycles. The quantitative estimate of drug-likeness (QED) is 0.260. The van der Waals surface area contributed by atoms with Crippen molar-refractivity contribution in [3.05, 3.63) is 83.4 Å². The minimum Gasteiger partial charge on any atom is -0.497 e. The maximum absolute atomic E-state index is 12.4. The topological polar surface area (TPSA) is 76.1 Å². The van der Waals surface area contributed by atoms with Gasteiger partial charge in [0.25, 0.3) is 0 Å². The van der Waals surface area contributed by atoms with E-state index in [1.165, 1.54) is 11.8 Å². The van der Waals surface area contributed by atoms with Crippen LogP contribution in [-0.4, -0.2) is 28.7 Å². The van der Waals surface area contributed by atoms with Crippen molar-refractivity contribution in [3.63, 3.8) is 0 Å². The summed E-state index contributed by atoms with van der Waals surface area (Å²) in [4.78, 5) is 21.7. The van der Waals surface area contributed by atoms with E-state index >= 15 is 0 Å². The molecule has 8 heteroatoms. The van der Waals surface area contributed by atoms with Crippen LogP contribution in [0.1, 0.15) is 5.56 Å². The van der Waals surface area contributed by atoms with Crippen molar-refractivity contribution in [1.29, 1.82) is 0 Å². The normalized spacial score (nSPS) is 10.7.